The number of fused-ring (bicyclic) bond motifs is 5. The maximum Gasteiger partial charge on any atom is 0.227 e. The summed E-state index contributed by atoms with van der Waals surface area (Å²) >= 11 is 1.74. The lowest BCUT2D eigenvalue weighted by atomic mass is 9.99. The molecular weight excluding hydrogens is 633 g/mol. The average Bonchev–Trinajstić information content (AvgIpc) is 3.78. The van der Waals surface area contributed by atoms with Gasteiger partial charge in [0.1, 0.15) is 5.52 Å². The van der Waals surface area contributed by atoms with Gasteiger partial charge < -0.3 is 4.42 Å². The number of nitrogens with zero attached hydrogens (tertiary/aromatic N) is 4. The predicted molar refractivity (Wildman–Crippen MR) is 205 cm³/mol. The summed E-state index contributed by atoms with van der Waals surface area (Å²) in [7, 11) is 0. The van der Waals surface area contributed by atoms with Gasteiger partial charge in [-0.15, -0.1) is 11.3 Å². The third-order valence-electron chi connectivity index (χ3n) is 9.14. The summed E-state index contributed by atoms with van der Waals surface area (Å²) in [4.78, 5) is 20.2. The summed E-state index contributed by atoms with van der Waals surface area (Å²) in [5.41, 5.74) is 7.71. The Morgan fingerprint density at radius 3 is 1.82 bits per heavy atom. The van der Waals surface area contributed by atoms with Crippen LogP contribution in [0.3, 0.4) is 0 Å². The molecule has 50 heavy (non-hydrogen) atoms. The molecule has 0 N–H and O–H groups in total. The van der Waals surface area contributed by atoms with Crippen LogP contribution in [0.4, 0.5) is 0 Å². The van der Waals surface area contributed by atoms with E-state index in [9.17, 15) is 0 Å². The lowest BCUT2D eigenvalue weighted by Gasteiger charge is -2.10. The zero-order valence-corrected chi connectivity index (χ0v) is 27.4. The molecule has 3 heterocycles. The average molecular weight is 659 g/mol. The fourth-order valence-corrected chi connectivity index (χ4v) is 7.82. The van der Waals surface area contributed by atoms with E-state index in [0.29, 0.717) is 23.4 Å². The minimum Gasteiger partial charge on any atom is -0.436 e. The van der Waals surface area contributed by atoms with E-state index < -0.39 is 0 Å². The van der Waals surface area contributed by atoms with Crippen molar-refractivity contribution in [1.82, 2.24) is 19.9 Å². The van der Waals surface area contributed by atoms with Crippen molar-refractivity contribution < 1.29 is 4.42 Å². The van der Waals surface area contributed by atoms with Crippen molar-refractivity contribution in [3.05, 3.63) is 158 Å². The maximum atomic E-state index is 6.30. The standard InChI is InChI=1S/C44H26N4OS/c1-4-11-27(12-5-1)31-21-19-28-20-22-32(24-33(28)23-31)42-46-41(29-13-6-2-7-14-29)47-43(48-42)34-17-10-18-38-40(34)35-25-37-36(26-39(35)50-38)45-44(49-37)30-15-8-3-9-16-30/h1-26H. The molecule has 10 rings (SSSR count). The molecule has 0 saturated heterocycles. The molecular formula is C44H26N4OS. The normalized spacial score (nSPS) is 11.6. The summed E-state index contributed by atoms with van der Waals surface area (Å²) in [6.07, 6.45) is 0. The van der Waals surface area contributed by atoms with Crippen LogP contribution in [0.15, 0.2) is 162 Å². The van der Waals surface area contributed by atoms with E-state index >= 15 is 0 Å². The fraction of sp³-hybridized carbons (Fsp3) is 0. The topological polar surface area (TPSA) is 64.7 Å². The molecule has 0 aliphatic carbocycles. The molecule has 0 unspecified atom stereocenters. The van der Waals surface area contributed by atoms with Crippen molar-refractivity contribution in [2.75, 3.05) is 0 Å². The molecule has 0 atom stereocenters. The van der Waals surface area contributed by atoms with Crippen molar-refractivity contribution in [2.24, 2.45) is 0 Å². The van der Waals surface area contributed by atoms with Gasteiger partial charge in [0.15, 0.2) is 23.1 Å². The first-order valence-electron chi connectivity index (χ1n) is 16.5. The van der Waals surface area contributed by atoms with Crippen LogP contribution in [-0.2, 0) is 0 Å². The first-order valence-corrected chi connectivity index (χ1v) is 17.3. The van der Waals surface area contributed by atoms with Gasteiger partial charge in [-0.2, -0.15) is 0 Å². The lowest BCUT2D eigenvalue weighted by molar-refractivity contribution is 0.620. The van der Waals surface area contributed by atoms with E-state index in [4.69, 9.17) is 24.4 Å². The van der Waals surface area contributed by atoms with Crippen LogP contribution in [0.1, 0.15) is 0 Å². The molecule has 234 valence electrons. The van der Waals surface area contributed by atoms with E-state index in [1.165, 1.54) is 11.1 Å². The molecule has 7 aromatic carbocycles. The van der Waals surface area contributed by atoms with Crippen LogP contribution < -0.4 is 0 Å². The molecule has 10 aromatic rings. The van der Waals surface area contributed by atoms with Crippen LogP contribution in [-0.4, -0.2) is 19.9 Å². The number of hydrogen-bond donors (Lipinski definition) is 0. The SMILES string of the molecule is c1ccc(-c2ccc3ccc(-c4nc(-c5ccccc5)nc(-c5cccc6sc7cc8nc(-c9ccccc9)oc8cc7c56)n4)cc3c2)cc1. The van der Waals surface area contributed by atoms with Crippen molar-refractivity contribution >= 4 is 53.4 Å². The Morgan fingerprint density at radius 1 is 0.420 bits per heavy atom. The molecule has 3 aromatic heterocycles. The smallest absolute Gasteiger partial charge is 0.227 e. The van der Waals surface area contributed by atoms with Crippen LogP contribution in [0.2, 0.25) is 0 Å². The number of benzene rings is 7. The first kappa shape index (κ1) is 28.5. The van der Waals surface area contributed by atoms with E-state index in [1.807, 2.05) is 66.7 Å². The molecule has 5 nitrogen and oxygen atoms in total. The zero-order chi connectivity index (χ0) is 33.0. The second-order valence-electron chi connectivity index (χ2n) is 12.3. The second kappa shape index (κ2) is 11.6. The van der Waals surface area contributed by atoms with Gasteiger partial charge in [0, 0.05) is 42.4 Å². The van der Waals surface area contributed by atoms with Gasteiger partial charge in [-0.3, -0.25) is 0 Å². The number of hydrogen-bond acceptors (Lipinski definition) is 6. The fourth-order valence-electron chi connectivity index (χ4n) is 6.68. The Hall–Kier alpha value is -6.50. The highest BCUT2D eigenvalue weighted by molar-refractivity contribution is 7.26. The Balaban J connectivity index is 1.16. The van der Waals surface area contributed by atoms with E-state index in [0.717, 1.165) is 64.3 Å². The lowest BCUT2D eigenvalue weighted by Crippen LogP contribution is -2.00. The quantitative estimate of drug-likeness (QED) is 0.184. The van der Waals surface area contributed by atoms with Crippen molar-refractivity contribution in [3.8, 4) is 56.7 Å². The van der Waals surface area contributed by atoms with Gasteiger partial charge >= 0.3 is 0 Å². The molecule has 0 bridgehead atoms. The van der Waals surface area contributed by atoms with Crippen LogP contribution in [0, 0.1) is 0 Å². The number of thiophene rings is 1. The Kier molecular flexibility index (Phi) is 6.60. The number of oxazole rings is 1. The van der Waals surface area contributed by atoms with Crippen molar-refractivity contribution in [3.63, 3.8) is 0 Å². The summed E-state index contributed by atoms with van der Waals surface area (Å²) < 4.78 is 8.59. The molecule has 0 saturated carbocycles. The predicted octanol–water partition coefficient (Wildman–Crippen LogP) is 11.9. The van der Waals surface area contributed by atoms with Crippen LogP contribution in [0.25, 0.3) is 98.8 Å². The van der Waals surface area contributed by atoms with Crippen LogP contribution >= 0.6 is 11.3 Å². The third kappa shape index (κ3) is 4.93. The summed E-state index contributed by atoms with van der Waals surface area (Å²) in [6.45, 7) is 0. The second-order valence-corrected chi connectivity index (χ2v) is 13.4. The highest BCUT2D eigenvalue weighted by atomic mass is 32.1. The summed E-state index contributed by atoms with van der Waals surface area (Å²) in [5, 5.41) is 4.47. The molecule has 0 radical (unpaired) electrons. The van der Waals surface area contributed by atoms with E-state index in [2.05, 4.69) is 91.0 Å². The number of rotatable bonds is 5. The van der Waals surface area contributed by atoms with Crippen LogP contribution in [0.5, 0.6) is 0 Å². The maximum absolute atomic E-state index is 6.30. The van der Waals surface area contributed by atoms with Crippen molar-refractivity contribution in [2.45, 2.75) is 0 Å². The molecule has 6 heteroatoms. The van der Waals surface area contributed by atoms with Gasteiger partial charge in [0.25, 0.3) is 0 Å². The summed E-state index contributed by atoms with van der Waals surface area (Å²) in [6, 6.07) is 54.2. The third-order valence-corrected chi connectivity index (χ3v) is 10.3. The highest BCUT2D eigenvalue weighted by Gasteiger charge is 2.19. The van der Waals surface area contributed by atoms with Gasteiger partial charge in [0.05, 0.1) is 0 Å². The van der Waals surface area contributed by atoms with E-state index in [1.54, 1.807) is 11.3 Å². The summed E-state index contributed by atoms with van der Waals surface area (Å²) in [5.74, 6) is 2.50. The Bertz CT molecular complexity index is 2860. The van der Waals surface area contributed by atoms with Gasteiger partial charge in [-0.25, -0.2) is 19.9 Å². The minimum absolute atomic E-state index is 0.615. The minimum atomic E-state index is 0.615. The molecule has 0 amide bonds. The van der Waals surface area contributed by atoms with Gasteiger partial charge in [-0.1, -0.05) is 115 Å². The highest BCUT2D eigenvalue weighted by Crippen LogP contribution is 2.42. The monoisotopic (exact) mass is 658 g/mol. The molecule has 0 aliphatic heterocycles. The zero-order valence-electron chi connectivity index (χ0n) is 26.6. The van der Waals surface area contributed by atoms with Gasteiger partial charge in [-0.05, 0) is 64.4 Å². The first-order chi connectivity index (χ1) is 24.7. The molecule has 0 fully saturated rings. The Labute approximate surface area is 291 Å². The molecule has 0 spiro atoms. The van der Waals surface area contributed by atoms with Gasteiger partial charge in [0.2, 0.25) is 5.89 Å². The number of aromatic nitrogens is 4. The van der Waals surface area contributed by atoms with Crippen molar-refractivity contribution in [1.29, 1.82) is 0 Å². The van der Waals surface area contributed by atoms with E-state index in [-0.39, 0.29) is 0 Å². The largest absolute Gasteiger partial charge is 0.436 e. The Morgan fingerprint density at radius 2 is 1.06 bits per heavy atom. The molecule has 0 aliphatic rings.